The molecular formula is C8H10N2O2S2. The fourth-order valence-corrected chi connectivity index (χ4v) is 1.66. The summed E-state index contributed by atoms with van der Waals surface area (Å²) < 4.78 is 19.4. The van der Waals surface area contributed by atoms with Crippen LogP contribution in [0.1, 0.15) is 5.56 Å². The average Bonchev–Trinajstić information content (AvgIpc) is 2.06. The molecule has 76 valence electrons. The first-order valence-corrected chi connectivity index (χ1v) is 5.50. The van der Waals surface area contributed by atoms with E-state index in [1.54, 1.807) is 24.3 Å². The molecule has 1 aromatic rings. The second-order valence-electron chi connectivity index (χ2n) is 2.61. The Kier molecular flexibility index (Phi) is 3.99. The van der Waals surface area contributed by atoms with Crippen molar-refractivity contribution in [3.63, 3.8) is 0 Å². The van der Waals surface area contributed by atoms with Crippen molar-refractivity contribution in [2.45, 2.75) is 5.75 Å². The first-order chi connectivity index (χ1) is 6.59. The molecule has 0 aliphatic rings. The Labute approximate surface area is 89.8 Å². The van der Waals surface area contributed by atoms with E-state index in [4.69, 9.17) is 10.3 Å². The molecule has 4 N–H and O–H groups in total. The molecule has 0 spiro atoms. The van der Waals surface area contributed by atoms with Gasteiger partial charge in [0.1, 0.15) is 0 Å². The molecule has 1 unspecified atom stereocenters. The zero-order chi connectivity index (χ0) is 10.6. The van der Waals surface area contributed by atoms with Crippen LogP contribution in [0.4, 0.5) is 5.69 Å². The van der Waals surface area contributed by atoms with Gasteiger partial charge in [-0.2, -0.15) is 0 Å². The van der Waals surface area contributed by atoms with Gasteiger partial charge in [0.2, 0.25) is 0 Å². The van der Waals surface area contributed by atoms with Gasteiger partial charge in [-0.1, -0.05) is 18.2 Å². The lowest BCUT2D eigenvalue weighted by atomic mass is 10.2. The third-order valence-corrected chi connectivity index (χ3v) is 2.21. The molecule has 0 heterocycles. The summed E-state index contributed by atoms with van der Waals surface area (Å²) in [6.45, 7) is 0. The first kappa shape index (κ1) is 11.1. The minimum absolute atomic E-state index is 0.0613. The summed E-state index contributed by atoms with van der Waals surface area (Å²) >= 11 is 2.81. The maximum absolute atomic E-state index is 10.6. The van der Waals surface area contributed by atoms with Crippen LogP contribution in [0.25, 0.3) is 0 Å². The number of anilines is 1. The Morgan fingerprint density at radius 2 is 2.21 bits per heavy atom. The largest absolute Gasteiger partial charge is 0.376 e. The highest BCUT2D eigenvalue weighted by atomic mass is 32.2. The van der Waals surface area contributed by atoms with Crippen molar-refractivity contribution < 1.29 is 8.76 Å². The monoisotopic (exact) mass is 230 g/mol. The number of rotatable bonds is 3. The third-order valence-electron chi connectivity index (χ3n) is 1.55. The van der Waals surface area contributed by atoms with E-state index < -0.39 is 11.1 Å². The van der Waals surface area contributed by atoms with Crippen molar-refractivity contribution >= 4 is 34.1 Å². The SMILES string of the molecule is NC(=S)Nc1ccccc1CS(=O)O. The number of para-hydroxylation sites is 1. The Hall–Kier alpha value is -0.980. The number of hydrogen-bond acceptors (Lipinski definition) is 2. The van der Waals surface area contributed by atoms with Gasteiger partial charge in [-0.15, -0.1) is 0 Å². The van der Waals surface area contributed by atoms with Crippen LogP contribution in [0.2, 0.25) is 0 Å². The Bertz CT molecular complexity index is 333. The standard InChI is InChI=1S/C8H10N2O2S2/c9-8(13)10-7-4-2-1-3-6(7)5-14(11)12/h1-4H,5H2,(H,11,12)(H3,9,10,13). The van der Waals surface area contributed by atoms with Gasteiger partial charge in [-0.3, -0.25) is 0 Å². The van der Waals surface area contributed by atoms with Crippen LogP contribution in [-0.2, 0) is 16.8 Å². The van der Waals surface area contributed by atoms with Crippen LogP contribution in [-0.4, -0.2) is 13.9 Å². The van der Waals surface area contributed by atoms with E-state index in [9.17, 15) is 4.21 Å². The molecule has 1 aromatic carbocycles. The quantitative estimate of drug-likeness (QED) is 0.535. The highest BCUT2D eigenvalue weighted by Crippen LogP contribution is 2.15. The Balaban J connectivity index is 2.90. The minimum Gasteiger partial charge on any atom is -0.376 e. The van der Waals surface area contributed by atoms with E-state index in [-0.39, 0.29) is 10.9 Å². The van der Waals surface area contributed by atoms with E-state index in [1.165, 1.54) is 0 Å². The molecule has 6 heteroatoms. The van der Waals surface area contributed by atoms with Crippen molar-refractivity contribution in [2.75, 3.05) is 5.32 Å². The molecule has 0 saturated heterocycles. The molecule has 1 atom stereocenters. The molecule has 0 aliphatic heterocycles. The second kappa shape index (κ2) is 5.04. The molecule has 0 aliphatic carbocycles. The van der Waals surface area contributed by atoms with Crippen LogP contribution in [0.3, 0.4) is 0 Å². The van der Waals surface area contributed by atoms with Crippen LogP contribution >= 0.6 is 12.2 Å². The van der Waals surface area contributed by atoms with Crippen molar-refractivity contribution in [2.24, 2.45) is 5.73 Å². The maximum atomic E-state index is 10.6. The van der Waals surface area contributed by atoms with E-state index in [0.717, 1.165) is 0 Å². The molecule has 0 radical (unpaired) electrons. The highest BCUT2D eigenvalue weighted by Gasteiger charge is 2.04. The van der Waals surface area contributed by atoms with Crippen molar-refractivity contribution in [3.05, 3.63) is 29.8 Å². The van der Waals surface area contributed by atoms with E-state index in [1.807, 2.05) is 0 Å². The molecule has 4 nitrogen and oxygen atoms in total. The normalized spacial score (nSPS) is 12.1. The molecule has 14 heavy (non-hydrogen) atoms. The fourth-order valence-electron chi connectivity index (χ4n) is 1.03. The van der Waals surface area contributed by atoms with Crippen LogP contribution in [0.5, 0.6) is 0 Å². The van der Waals surface area contributed by atoms with Gasteiger partial charge in [0.05, 0.1) is 5.75 Å². The summed E-state index contributed by atoms with van der Waals surface area (Å²) in [6.07, 6.45) is 0. The predicted molar refractivity (Wildman–Crippen MR) is 61.3 cm³/mol. The first-order valence-electron chi connectivity index (χ1n) is 3.81. The average molecular weight is 230 g/mol. The predicted octanol–water partition coefficient (Wildman–Crippen LogP) is 1.06. The lowest BCUT2D eigenvalue weighted by Crippen LogP contribution is -2.20. The van der Waals surface area contributed by atoms with Gasteiger partial charge >= 0.3 is 0 Å². The number of benzene rings is 1. The summed E-state index contributed by atoms with van der Waals surface area (Å²) in [7, 11) is 0. The zero-order valence-corrected chi connectivity index (χ0v) is 8.90. The molecule has 0 saturated carbocycles. The Morgan fingerprint density at radius 1 is 1.57 bits per heavy atom. The summed E-state index contributed by atoms with van der Waals surface area (Å²) in [6, 6.07) is 7.08. The van der Waals surface area contributed by atoms with E-state index in [0.29, 0.717) is 11.3 Å². The van der Waals surface area contributed by atoms with Crippen molar-refractivity contribution in [3.8, 4) is 0 Å². The molecule has 0 bridgehead atoms. The summed E-state index contributed by atoms with van der Waals surface area (Å²) in [4.78, 5) is 0. The lowest BCUT2D eigenvalue weighted by molar-refractivity contribution is 0.563. The summed E-state index contributed by atoms with van der Waals surface area (Å²) in [5.41, 5.74) is 6.68. The molecule has 0 amide bonds. The Morgan fingerprint density at radius 3 is 2.79 bits per heavy atom. The van der Waals surface area contributed by atoms with E-state index in [2.05, 4.69) is 17.5 Å². The maximum Gasteiger partial charge on any atom is 0.168 e. The number of hydrogen-bond donors (Lipinski definition) is 3. The number of nitrogens with two attached hydrogens (primary N) is 1. The second-order valence-corrected chi connectivity index (χ2v) is 3.98. The number of thiocarbonyl (C=S) groups is 1. The summed E-state index contributed by atoms with van der Waals surface area (Å²) in [5, 5.41) is 2.88. The van der Waals surface area contributed by atoms with Gasteiger partial charge in [0, 0.05) is 5.69 Å². The third kappa shape index (κ3) is 3.41. The smallest absolute Gasteiger partial charge is 0.168 e. The molecule has 0 fully saturated rings. The van der Waals surface area contributed by atoms with Crippen molar-refractivity contribution in [1.29, 1.82) is 0 Å². The highest BCUT2D eigenvalue weighted by molar-refractivity contribution is 7.80. The van der Waals surface area contributed by atoms with Gasteiger partial charge in [-0.25, -0.2) is 4.21 Å². The van der Waals surface area contributed by atoms with Gasteiger partial charge in [0.15, 0.2) is 16.2 Å². The lowest BCUT2D eigenvalue weighted by Gasteiger charge is -2.08. The van der Waals surface area contributed by atoms with E-state index >= 15 is 0 Å². The van der Waals surface area contributed by atoms with Crippen LogP contribution in [0, 0.1) is 0 Å². The topological polar surface area (TPSA) is 75.3 Å². The van der Waals surface area contributed by atoms with Crippen LogP contribution < -0.4 is 11.1 Å². The molecule has 0 aromatic heterocycles. The zero-order valence-electron chi connectivity index (χ0n) is 7.27. The van der Waals surface area contributed by atoms with Gasteiger partial charge < -0.3 is 15.6 Å². The number of nitrogens with one attached hydrogen (secondary N) is 1. The van der Waals surface area contributed by atoms with Crippen LogP contribution in [0.15, 0.2) is 24.3 Å². The van der Waals surface area contributed by atoms with Gasteiger partial charge in [-0.05, 0) is 23.8 Å². The molecular weight excluding hydrogens is 220 g/mol. The molecule has 1 rings (SSSR count). The van der Waals surface area contributed by atoms with Gasteiger partial charge in [0.25, 0.3) is 0 Å². The summed E-state index contributed by atoms with van der Waals surface area (Å²) in [5.74, 6) is 0.0613. The van der Waals surface area contributed by atoms with Crippen molar-refractivity contribution in [1.82, 2.24) is 0 Å². The minimum atomic E-state index is -1.87. The fraction of sp³-hybridized carbons (Fsp3) is 0.125.